The van der Waals surface area contributed by atoms with E-state index in [1.54, 1.807) is 7.11 Å². The van der Waals surface area contributed by atoms with Gasteiger partial charge in [0.1, 0.15) is 0 Å². The lowest BCUT2D eigenvalue weighted by Gasteiger charge is -2.21. The zero-order chi connectivity index (χ0) is 14.1. The number of aromatic nitrogens is 3. The van der Waals surface area contributed by atoms with E-state index in [2.05, 4.69) is 26.4 Å². The maximum Gasteiger partial charge on any atom is 0.215 e. The van der Waals surface area contributed by atoms with Crippen LogP contribution in [-0.2, 0) is 0 Å². The molecule has 3 rings (SSSR count). The average molecular weight is 292 g/mol. The minimum Gasteiger partial charge on any atom is -0.481 e. The first kappa shape index (κ1) is 13.6. The molecule has 0 saturated carbocycles. The molecule has 20 heavy (non-hydrogen) atoms. The Morgan fingerprint density at radius 1 is 1.40 bits per heavy atom. The molecule has 0 amide bonds. The summed E-state index contributed by atoms with van der Waals surface area (Å²) in [4.78, 5) is 10.3. The van der Waals surface area contributed by atoms with Crippen molar-refractivity contribution in [3.05, 3.63) is 16.9 Å². The molecule has 0 aromatic carbocycles. The van der Waals surface area contributed by atoms with Gasteiger partial charge < -0.3 is 14.6 Å². The van der Waals surface area contributed by atoms with Gasteiger partial charge in [0, 0.05) is 18.7 Å². The van der Waals surface area contributed by atoms with E-state index in [9.17, 15) is 0 Å². The van der Waals surface area contributed by atoms with Crippen molar-refractivity contribution in [1.82, 2.24) is 19.4 Å². The Labute approximate surface area is 123 Å². The second-order valence-corrected chi connectivity index (χ2v) is 5.77. The van der Waals surface area contributed by atoms with Gasteiger partial charge in [-0.2, -0.15) is 4.98 Å². The Balaban J connectivity index is 1.96. The molecule has 0 aliphatic carbocycles. The Hall–Kier alpha value is -1.40. The predicted octanol–water partition coefficient (Wildman–Crippen LogP) is 2.76. The summed E-state index contributed by atoms with van der Waals surface area (Å²) in [6.07, 6.45) is 2.61. The van der Waals surface area contributed by atoms with Crippen LogP contribution < -0.4 is 4.74 Å². The summed E-state index contributed by atoms with van der Waals surface area (Å²) in [5, 5.41) is 0. The lowest BCUT2D eigenvalue weighted by atomic mass is 10.3. The van der Waals surface area contributed by atoms with Crippen LogP contribution in [0.5, 0.6) is 5.88 Å². The lowest BCUT2D eigenvalue weighted by molar-refractivity contribution is 0.288. The standard InChI is InChI=1S/C14H20N4OS/c1-10(9-17-7-3-4-8-17)18-13-11(15-14(18)20)5-6-12(16-13)19-2/h5-6,10H,3-4,7-9H2,1-2H3,(H,15,20). The van der Waals surface area contributed by atoms with Crippen LogP contribution >= 0.6 is 12.2 Å². The van der Waals surface area contributed by atoms with Gasteiger partial charge in [0.25, 0.3) is 0 Å². The molecule has 2 aromatic heterocycles. The highest BCUT2D eigenvalue weighted by Gasteiger charge is 2.18. The number of rotatable bonds is 4. The van der Waals surface area contributed by atoms with Crippen LogP contribution in [-0.4, -0.2) is 46.2 Å². The number of methoxy groups -OCH3 is 1. The number of H-pyrrole nitrogens is 1. The maximum atomic E-state index is 5.46. The minimum atomic E-state index is 0.300. The molecule has 1 aliphatic heterocycles. The number of imidazole rings is 1. The molecule has 0 spiro atoms. The van der Waals surface area contributed by atoms with Crippen LogP contribution in [0.2, 0.25) is 0 Å². The Morgan fingerprint density at radius 3 is 2.85 bits per heavy atom. The Morgan fingerprint density at radius 2 is 2.15 bits per heavy atom. The van der Waals surface area contributed by atoms with Gasteiger partial charge in [-0.25, -0.2) is 0 Å². The zero-order valence-corrected chi connectivity index (χ0v) is 12.7. The quantitative estimate of drug-likeness (QED) is 0.880. The second-order valence-electron chi connectivity index (χ2n) is 5.38. The molecule has 0 radical (unpaired) electrons. The molecule has 0 bridgehead atoms. The number of pyridine rings is 1. The van der Waals surface area contributed by atoms with E-state index in [1.165, 1.54) is 25.9 Å². The van der Waals surface area contributed by atoms with Crippen molar-refractivity contribution >= 4 is 23.4 Å². The summed E-state index contributed by atoms with van der Waals surface area (Å²) in [5.74, 6) is 0.619. The number of hydrogen-bond acceptors (Lipinski definition) is 4. The third kappa shape index (κ3) is 2.45. The van der Waals surface area contributed by atoms with Crippen LogP contribution in [0.25, 0.3) is 11.2 Å². The number of aromatic amines is 1. The monoisotopic (exact) mass is 292 g/mol. The molecule has 1 atom stereocenters. The highest BCUT2D eigenvalue weighted by Crippen LogP contribution is 2.22. The number of nitrogens with one attached hydrogen (secondary N) is 1. The molecule has 1 saturated heterocycles. The van der Waals surface area contributed by atoms with Crippen molar-refractivity contribution < 1.29 is 4.74 Å². The van der Waals surface area contributed by atoms with Gasteiger partial charge in [0.15, 0.2) is 10.4 Å². The van der Waals surface area contributed by atoms with E-state index in [4.69, 9.17) is 17.0 Å². The molecule has 1 aliphatic rings. The molecule has 1 N–H and O–H groups in total. The Bertz CT molecular complexity index is 657. The molecule has 2 aromatic rings. The second kappa shape index (κ2) is 5.54. The van der Waals surface area contributed by atoms with Gasteiger partial charge in [0.2, 0.25) is 5.88 Å². The molecular formula is C14H20N4OS. The largest absolute Gasteiger partial charge is 0.481 e. The highest BCUT2D eigenvalue weighted by molar-refractivity contribution is 7.71. The first-order valence-electron chi connectivity index (χ1n) is 7.06. The third-order valence-corrected chi connectivity index (χ3v) is 4.21. The van der Waals surface area contributed by atoms with Crippen molar-refractivity contribution in [3.63, 3.8) is 0 Å². The minimum absolute atomic E-state index is 0.300. The molecule has 1 unspecified atom stereocenters. The van der Waals surface area contributed by atoms with Crippen molar-refractivity contribution in [1.29, 1.82) is 0 Å². The highest BCUT2D eigenvalue weighted by atomic mass is 32.1. The van der Waals surface area contributed by atoms with Gasteiger partial charge in [-0.3, -0.25) is 4.57 Å². The van der Waals surface area contributed by atoms with Crippen LogP contribution in [0, 0.1) is 4.77 Å². The van der Waals surface area contributed by atoms with Gasteiger partial charge in [0.05, 0.1) is 12.6 Å². The summed E-state index contributed by atoms with van der Waals surface area (Å²) < 4.78 is 8.05. The van der Waals surface area contributed by atoms with Gasteiger partial charge in [-0.1, -0.05) is 0 Å². The summed E-state index contributed by atoms with van der Waals surface area (Å²) in [7, 11) is 1.63. The van der Waals surface area contributed by atoms with Gasteiger partial charge >= 0.3 is 0 Å². The summed E-state index contributed by atoms with van der Waals surface area (Å²) in [6.45, 7) is 5.59. The van der Waals surface area contributed by atoms with Crippen LogP contribution in [0.4, 0.5) is 0 Å². The summed E-state index contributed by atoms with van der Waals surface area (Å²) >= 11 is 5.46. The van der Waals surface area contributed by atoms with E-state index < -0.39 is 0 Å². The molecule has 1 fully saturated rings. The lowest BCUT2D eigenvalue weighted by Crippen LogP contribution is -2.27. The number of hydrogen-bond donors (Lipinski definition) is 1. The van der Waals surface area contributed by atoms with E-state index in [-0.39, 0.29) is 0 Å². The van der Waals surface area contributed by atoms with Gasteiger partial charge in [-0.05, 0) is 51.1 Å². The SMILES string of the molecule is COc1ccc2[nH]c(=S)n(C(C)CN3CCCC3)c2n1. The topological polar surface area (TPSA) is 46.1 Å². The van der Waals surface area contributed by atoms with Crippen LogP contribution in [0.3, 0.4) is 0 Å². The average Bonchev–Trinajstić information content (AvgIpc) is 3.04. The van der Waals surface area contributed by atoms with E-state index in [0.29, 0.717) is 11.9 Å². The van der Waals surface area contributed by atoms with E-state index in [0.717, 1.165) is 22.5 Å². The fourth-order valence-corrected chi connectivity index (χ4v) is 3.30. The fourth-order valence-electron chi connectivity index (χ4n) is 2.93. The molecule has 108 valence electrons. The third-order valence-electron chi connectivity index (χ3n) is 3.91. The number of likely N-dealkylation sites (tertiary alicyclic amines) is 1. The predicted molar refractivity (Wildman–Crippen MR) is 81.9 cm³/mol. The number of nitrogens with zero attached hydrogens (tertiary/aromatic N) is 3. The molecular weight excluding hydrogens is 272 g/mol. The summed E-state index contributed by atoms with van der Waals surface area (Å²) in [6, 6.07) is 4.12. The fraction of sp³-hybridized carbons (Fsp3) is 0.571. The van der Waals surface area contributed by atoms with Crippen molar-refractivity contribution in [2.75, 3.05) is 26.7 Å². The molecule has 6 heteroatoms. The van der Waals surface area contributed by atoms with E-state index in [1.807, 2.05) is 12.1 Å². The number of ether oxygens (including phenoxy) is 1. The normalized spacial score (nSPS) is 17.7. The van der Waals surface area contributed by atoms with Crippen molar-refractivity contribution in [2.24, 2.45) is 0 Å². The smallest absolute Gasteiger partial charge is 0.215 e. The maximum absolute atomic E-state index is 5.46. The van der Waals surface area contributed by atoms with Crippen molar-refractivity contribution in [3.8, 4) is 5.88 Å². The van der Waals surface area contributed by atoms with E-state index >= 15 is 0 Å². The van der Waals surface area contributed by atoms with Crippen LogP contribution in [0.15, 0.2) is 12.1 Å². The first-order chi connectivity index (χ1) is 9.69. The molecule has 5 nitrogen and oxygen atoms in total. The molecule has 3 heterocycles. The Kier molecular flexibility index (Phi) is 3.76. The first-order valence-corrected chi connectivity index (χ1v) is 7.47. The zero-order valence-electron chi connectivity index (χ0n) is 11.9. The van der Waals surface area contributed by atoms with Crippen molar-refractivity contribution in [2.45, 2.75) is 25.8 Å². The summed E-state index contributed by atoms with van der Waals surface area (Å²) in [5.41, 5.74) is 1.84. The number of fused-ring (bicyclic) bond motifs is 1. The van der Waals surface area contributed by atoms with Crippen LogP contribution in [0.1, 0.15) is 25.8 Å². The van der Waals surface area contributed by atoms with Gasteiger partial charge in [-0.15, -0.1) is 0 Å².